The van der Waals surface area contributed by atoms with Gasteiger partial charge < -0.3 is 9.30 Å². The standard InChI is InChI=1S/C26H34N2O2S/c1-18-7-10-21-11-16-24(27-31-23-14-15-23)25(28(21)26(18)29)17-30-22-12-8-20(9-13-22)19-5-3-2-4-6-19/h2-7,10,20,22-25,27H,8-9,11-17H2,1H3. The monoisotopic (exact) mass is 438 g/mol. The lowest BCUT2D eigenvalue weighted by Crippen LogP contribution is -2.46. The molecule has 5 heteroatoms. The normalized spacial score (nSPS) is 28.3. The molecule has 0 saturated heterocycles. The minimum atomic E-state index is 0.0780. The second-order valence-corrected chi connectivity index (χ2v) is 10.7. The highest BCUT2D eigenvalue weighted by Crippen LogP contribution is 2.36. The molecule has 166 valence electrons. The van der Waals surface area contributed by atoms with E-state index in [1.54, 1.807) is 0 Å². The summed E-state index contributed by atoms with van der Waals surface area (Å²) >= 11 is 1.88. The number of rotatable bonds is 7. The summed E-state index contributed by atoms with van der Waals surface area (Å²) < 4.78 is 12.3. The molecule has 4 nitrogen and oxygen atoms in total. The van der Waals surface area contributed by atoms with Gasteiger partial charge in [-0.1, -0.05) is 48.3 Å². The van der Waals surface area contributed by atoms with Gasteiger partial charge in [-0.2, -0.15) is 0 Å². The number of ether oxygens (including phenoxy) is 1. The number of aryl methyl sites for hydroxylation is 2. The molecule has 2 heterocycles. The Morgan fingerprint density at radius 2 is 1.77 bits per heavy atom. The second-order valence-electron chi connectivity index (χ2n) is 9.55. The molecule has 5 rings (SSSR count). The lowest BCUT2D eigenvalue weighted by atomic mass is 9.83. The van der Waals surface area contributed by atoms with Crippen molar-refractivity contribution in [3.05, 3.63) is 69.6 Å². The largest absolute Gasteiger partial charge is 0.376 e. The minimum Gasteiger partial charge on any atom is -0.376 e. The van der Waals surface area contributed by atoms with Crippen molar-refractivity contribution in [2.24, 2.45) is 0 Å². The number of benzene rings is 1. The molecule has 0 spiro atoms. The number of pyridine rings is 1. The zero-order valence-electron chi connectivity index (χ0n) is 18.5. The van der Waals surface area contributed by atoms with Crippen molar-refractivity contribution in [2.75, 3.05) is 6.61 Å². The molecule has 2 atom stereocenters. The summed E-state index contributed by atoms with van der Waals surface area (Å²) in [4.78, 5) is 13.0. The number of nitrogens with zero attached hydrogens (tertiary/aromatic N) is 1. The Balaban J connectivity index is 1.25. The van der Waals surface area contributed by atoms with Crippen LogP contribution >= 0.6 is 11.9 Å². The molecule has 1 N–H and O–H groups in total. The smallest absolute Gasteiger partial charge is 0.254 e. The summed E-state index contributed by atoms with van der Waals surface area (Å²) in [5.41, 5.74) is 3.60. The fourth-order valence-corrected chi connectivity index (χ4v) is 6.17. The Bertz CT molecular complexity index is 932. The summed E-state index contributed by atoms with van der Waals surface area (Å²) in [6.45, 7) is 2.55. The van der Waals surface area contributed by atoms with Crippen molar-refractivity contribution in [1.29, 1.82) is 0 Å². The van der Waals surface area contributed by atoms with Crippen molar-refractivity contribution >= 4 is 11.9 Å². The van der Waals surface area contributed by atoms with E-state index in [2.05, 4.69) is 41.1 Å². The van der Waals surface area contributed by atoms with Crippen LogP contribution < -0.4 is 10.3 Å². The van der Waals surface area contributed by atoms with Crippen LogP contribution in [0.5, 0.6) is 0 Å². The van der Waals surface area contributed by atoms with Gasteiger partial charge in [0, 0.05) is 22.5 Å². The molecule has 0 amide bonds. The van der Waals surface area contributed by atoms with E-state index in [0.29, 0.717) is 24.7 Å². The molecule has 31 heavy (non-hydrogen) atoms. The fraction of sp³-hybridized carbons (Fsp3) is 0.577. The van der Waals surface area contributed by atoms with Gasteiger partial charge in [0.1, 0.15) is 0 Å². The zero-order chi connectivity index (χ0) is 21.2. The molecule has 2 aliphatic carbocycles. The van der Waals surface area contributed by atoms with Gasteiger partial charge in [-0.3, -0.25) is 9.52 Å². The third-order valence-corrected chi connectivity index (χ3v) is 8.50. The van der Waals surface area contributed by atoms with Crippen LogP contribution in [0.3, 0.4) is 0 Å². The van der Waals surface area contributed by atoms with Crippen molar-refractivity contribution in [2.45, 2.75) is 87.6 Å². The van der Waals surface area contributed by atoms with Gasteiger partial charge in [-0.15, -0.1) is 0 Å². The quantitative estimate of drug-likeness (QED) is 0.607. The summed E-state index contributed by atoms with van der Waals surface area (Å²) in [7, 11) is 0. The molecule has 2 unspecified atom stereocenters. The van der Waals surface area contributed by atoms with E-state index in [9.17, 15) is 4.79 Å². The van der Waals surface area contributed by atoms with E-state index in [1.165, 1.54) is 31.2 Å². The molecule has 2 saturated carbocycles. The molecule has 1 aliphatic heterocycles. The number of hydrogen-bond acceptors (Lipinski definition) is 4. The molecule has 0 radical (unpaired) electrons. The van der Waals surface area contributed by atoms with Gasteiger partial charge in [0.25, 0.3) is 5.56 Å². The molecule has 2 fully saturated rings. The highest BCUT2D eigenvalue weighted by atomic mass is 32.2. The number of hydrogen-bond donors (Lipinski definition) is 1. The van der Waals surface area contributed by atoms with Crippen LogP contribution in [0, 0.1) is 6.92 Å². The Morgan fingerprint density at radius 1 is 1.00 bits per heavy atom. The average molecular weight is 439 g/mol. The van der Waals surface area contributed by atoms with Crippen LogP contribution in [0.2, 0.25) is 0 Å². The lowest BCUT2D eigenvalue weighted by molar-refractivity contribution is -0.00152. The first-order valence-electron chi connectivity index (χ1n) is 12.0. The third-order valence-electron chi connectivity index (χ3n) is 7.26. The van der Waals surface area contributed by atoms with Crippen LogP contribution in [0.25, 0.3) is 0 Å². The Kier molecular flexibility index (Phi) is 6.54. The van der Waals surface area contributed by atoms with E-state index < -0.39 is 0 Å². The summed E-state index contributed by atoms with van der Waals surface area (Å²) in [5.74, 6) is 0.658. The van der Waals surface area contributed by atoms with E-state index in [4.69, 9.17) is 4.74 Å². The van der Waals surface area contributed by atoms with Gasteiger partial charge in [-0.25, -0.2) is 0 Å². The Morgan fingerprint density at radius 3 is 2.52 bits per heavy atom. The highest BCUT2D eigenvalue weighted by Gasteiger charge is 2.34. The average Bonchev–Trinajstić information content (AvgIpc) is 3.64. The first-order valence-corrected chi connectivity index (χ1v) is 12.9. The maximum Gasteiger partial charge on any atom is 0.254 e. The maximum atomic E-state index is 13.0. The Hall–Kier alpha value is -1.56. The summed E-state index contributed by atoms with van der Waals surface area (Å²) in [6.07, 6.45) is 9.55. The summed E-state index contributed by atoms with van der Waals surface area (Å²) in [6, 6.07) is 15.4. The zero-order valence-corrected chi connectivity index (χ0v) is 19.3. The number of aromatic nitrogens is 1. The second kappa shape index (κ2) is 9.51. The Labute approximate surface area is 189 Å². The lowest BCUT2D eigenvalue weighted by Gasteiger charge is -2.37. The van der Waals surface area contributed by atoms with Crippen molar-refractivity contribution < 1.29 is 4.74 Å². The molecule has 2 aromatic rings. The van der Waals surface area contributed by atoms with E-state index >= 15 is 0 Å². The van der Waals surface area contributed by atoms with Crippen LogP contribution in [0.15, 0.2) is 47.3 Å². The molecular formula is C26H34N2O2S. The first kappa shape index (κ1) is 21.3. The van der Waals surface area contributed by atoms with Crippen LogP contribution in [0.4, 0.5) is 0 Å². The van der Waals surface area contributed by atoms with Crippen molar-refractivity contribution in [3.8, 4) is 0 Å². The van der Waals surface area contributed by atoms with Gasteiger partial charge in [0.15, 0.2) is 0 Å². The molecule has 1 aromatic carbocycles. The molecule has 0 bridgehead atoms. The predicted molar refractivity (Wildman–Crippen MR) is 128 cm³/mol. The number of fused-ring (bicyclic) bond motifs is 1. The van der Waals surface area contributed by atoms with E-state index in [-0.39, 0.29) is 11.6 Å². The summed E-state index contributed by atoms with van der Waals surface area (Å²) in [5, 5.41) is 0.755. The van der Waals surface area contributed by atoms with Gasteiger partial charge >= 0.3 is 0 Å². The molecule has 3 aliphatic rings. The van der Waals surface area contributed by atoms with Crippen LogP contribution in [0.1, 0.15) is 73.7 Å². The van der Waals surface area contributed by atoms with Crippen molar-refractivity contribution in [3.63, 3.8) is 0 Å². The topological polar surface area (TPSA) is 43.3 Å². The fourth-order valence-electron chi connectivity index (χ4n) is 5.16. The predicted octanol–water partition coefficient (Wildman–Crippen LogP) is 5.16. The van der Waals surface area contributed by atoms with E-state index in [1.807, 2.05) is 29.5 Å². The highest BCUT2D eigenvalue weighted by molar-refractivity contribution is 7.98. The first-order chi connectivity index (χ1) is 15.2. The van der Waals surface area contributed by atoms with Crippen molar-refractivity contribution in [1.82, 2.24) is 9.29 Å². The SMILES string of the molecule is Cc1ccc2n(c1=O)C(COC1CCC(c3ccccc3)CC1)C(NSC1CC1)CC2. The molecule has 1 aromatic heterocycles. The number of nitrogens with one attached hydrogen (secondary N) is 1. The van der Waals surface area contributed by atoms with E-state index in [0.717, 1.165) is 42.2 Å². The van der Waals surface area contributed by atoms with Crippen LogP contribution in [-0.2, 0) is 11.2 Å². The van der Waals surface area contributed by atoms with Gasteiger partial charge in [0.05, 0.1) is 18.8 Å². The van der Waals surface area contributed by atoms with Crippen LogP contribution in [-0.4, -0.2) is 28.6 Å². The third kappa shape index (κ3) is 4.94. The minimum absolute atomic E-state index is 0.0780. The molecular weight excluding hydrogens is 404 g/mol. The maximum absolute atomic E-state index is 13.0. The van der Waals surface area contributed by atoms with Gasteiger partial charge in [-0.05, 0) is 75.8 Å². The van der Waals surface area contributed by atoms with Gasteiger partial charge in [0.2, 0.25) is 0 Å².